The van der Waals surface area contributed by atoms with Gasteiger partial charge in [0.1, 0.15) is 0 Å². The van der Waals surface area contributed by atoms with E-state index in [4.69, 9.17) is 4.74 Å². The molecule has 0 aliphatic carbocycles. The minimum absolute atomic E-state index is 0.0422. The molecule has 0 bridgehead atoms. The van der Waals surface area contributed by atoms with Gasteiger partial charge in [-0.25, -0.2) is 0 Å². The highest BCUT2D eigenvalue weighted by molar-refractivity contribution is 5.78. The Morgan fingerprint density at radius 2 is 2.46 bits per heavy atom. The molecule has 74 valence electrons. The molecular weight excluding hydrogens is 170 g/mol. The van der Waals surface area contributed by atoms with E-state index < -0.39 is 0 Å². The fourth-order valence-corrected chi connectivity index (χ4v) is 1.48. The average Bonchev–Trinajstić information content (AvgIpc) is 2.04. The Balaban J connectivity index is 2.27. The van der Waals surface area contributed by atoms with Gasteiger partial charge in [0.15, 0.2) is 0 Å². The quantitative estimate of drug-likeness (QED) is 0.650. The van der Waals surface area contributed by atoms with Crippen molar-refractivity contribution in [1.82, 2.24) is 5.32 Å². The standard InChI is InChI=1S/C9H15NO3/c1-2-13-9(12)6-7-3-4-10-8(11)5-7/h7H,2-6H2,1H3,(H,10,11). The first-order valence-corrected chi connectivity index (χ1v) is 4.64. The molecule has 4 nitrogen and oxygen atoms in total. The number of nitrogens with one attached hydrogen (secondary N) is 1. The number of hydrogen-bond acceptors (Lipinski definition) is 3. The predicted octanol–water partition coefficient (Wildman–Crippen LogP) is 0.466. The molecule has 0 aromatic rings. The molecule has 0 radical (unpaired) electrons. The van der Waals surface area contributed by atoms with Crippen LogP contribution in [0, 0.1) is 5.92 Å². The number of carbonyl (C=O) groups excluding carboxylic acids is 2. The monoisotopic (exact) mass is 185 g/mol. The predicted molar refractivity (Wildman–Crippen MR) is 47.0 cm³/mol. The van der Waals surface area contributed by atoms with Crippen LogP contribution in [0.15, 0.2) is 0 Å². The summed E-state index contributed by atoms with van der Waals surface area (Å²) in [6, 6.07) is 0. The second kappa shape index (κ2) is 4.84. The zero-order valence-corrected chi connectivity index (χ0v) is 7.84. The number of carbonyl (C=O) groups is 2. The van der Waals surface area contributed by atoms with E-state index in [2.05, 4.69) is 5.32 Å². The molecule has 0 saturated carbocycles. The van der Waals surface area contributed by atoms with Gasteiger partial charge in [-0.3, -0.25) is 9.59 Å². The van der Waals surface area contributed by atoms with Crippen LogP contribution in [0.4, 0.5) is 0 Å². The molecule has 1 saturated heterocycles. The molecule has 13 heavy (non-hydrogen) atoms. The topological polar surface area (TPSA) is 55.4 Å². The fourth-order valence-electron chi connectivity index (χ4n) is 1.48. The SMILES string of the molecule is CCOC(=O)CC1CCNC(=O)C1. The zero-order chi connectivity index (χ0) is 9.68. The van der Waals surface area contributed by atoms with Crippen LogP contribution in [-0.2, 0) is 14.3 Å². The van der Waals surface area contributed by atoms with Gasteiger partial charge in [-0.2, -0.15) is 0 Å². The summed E-state index contributed by atoms with van der Waals surface area (Å²) in [6.07, 6.45) is 1.71. The van der Waals surface area contributed by atoms with E-state index in [1.165, 1.54) is 0 Å². The zero-order valence-electron chi connectivity index (χ0n) is 7.84. The van der Waals surface area contributed by atoms with E-state index in [0.29, 0.717) is 26.0 Å². The van der Waals surface area contributed by atoms with Gasteiger partial charge >= 0.3 is 5.97 Å². The third-order valence-electron chi connectivity index (χ3n) is 2.11. The number of amides is 1. The van der Waals surface area contributed by atoms with Crippen LogP contribution in [-0.4, -0.2) is 25.0 Å². The molecule has 0 spiro atoms. The second-order valence-electron chi connectivity index (χ2n) is 3.22. The molecule has 1 aliphatic heterocycles. The van der Waals surface area contributed by atoms with Crippen LogP contribution in [0.1, 0.15) is 26.2 Å². The summed E-state index contributed by atoms with van der Waals surface area (Å²) in [5, 5.41) is 2.73. The molecule has 1 heterocycles. The van der Waals surface area contributed by atoms with Crippen LogP contribution in [0.3, 0.4) is 0 Å². The van der Waals surface area contributed by atoms with Crippen LogP contribution in [0.5, 0.6) is 0 Å². The molecule has 0 aromatic heterocycles. The van der Waals surface area contributed by atoms with E-state index >= 15 is 0 Å². The third-order valence-corrected chi connectivity index (χ3v) is 2.11. The first-order chi connectivity index (χ1) is 6.22. The minimum atomic E-state index is -0.192. The average molecular weight is 185 g/mol. The lowest BCUT2D eigenvalue weighted by molar-refractivity contribution is -0.144. The molecule has 1 fully saturated rings. The van der Waals surface area contributed by atoms with Gasteiger partial charge in [0.05, 0.1) is 6.61 Å². The van der Waals surface area contributed by atoms with Gasteiger partial charge in [-0.1, -0.05) is 0 Å². The Hall–Kier alpha value is -1.06. The van der Waals surface area contributed by atoms with Crippen molar-refractivity contribution < 1.29 is 14.3 Å². The van der Waals surface area contributed by atoms with Crippen molar-refractivity contribution in [2.75, 3.05) is 13.2 Å². The summed E-state index contributed by atoms with van der Waals surface area (Å²) >= 11 is 0. The number of piperidine rings is 1. The number of rotatable bonds is 3. The summed E-state index contributed by atoms with van der Waals surface area (Å²) in [7, 11) is 0. The van der Waals surface area contributed by atoms with Crippen molar-refractivity contribution in [2.24, 2.45) is 5.92 Å². The third kappa shape index (κ3) is 3.44. The van der Waals surface area contributed by atoms with E-state index in [9.17, 15) is 9.59 Å². The van der Waals surface area contributed by atoms with E-state index in [0.717, 1.165) is 6.42 Å². The highest BCUT2D eigenvalue weighted by atomic mass is 16.5. The van der Waals surface area contributed by atoms with E-state index in [1.54, 1.807) is 6.92 Å². The van der Waals surface area contributed by atoms with Gasteiger partial charge in [0.2, 0.25) is 5.91 Å². The largest absolute Gasteiger partial charge is 0.466 e. The first-order valence-electron chi connectivity index (χ1n) is 4.64. The van der Waals surface area contributed by atoms with Crippen molar-refractivity contribution in [3.8, 4) is 0 Å². The Labute approximate surface area is 77.6 Å². The summed E-state index contributed by atoms with van der Waals surface area (Å²) in [5.74, 6) is 0.0237. The van der Waals surface area contributed by atoms with Crippen LogP contribution < -0.4 is 5.32 Å². The molecule has 1 N–H and O–H groups in total. The summed E-state index contributed by atoms with van der Waals surface area (Å²) < 4.78 is 4.81. The molecule has 1 amide bonds. The van der Waals surface area contributed by atoms with Crippen molar-refractivity contribution >= 4 is 11.9 Å². The van der Waals surface area contributed by atoms with Crippen molar-refractivity contribution in [3.05, 3.63) is 0 Å². The van der Waals surface area contributed by atoms with Gasteiger partial charge in [-0.15, -0.1) is 0 Å². The Morgan fingerprint density at radius 3 is 3.08 bits per heavy atom. The highest BCUT2D eigenvalue weighted by Crippen LogP contribution is 2.16. The molecule has 1 unspecified atom stereocenters. The molecule has 1 rings (SSSR count). The first kappa shape index (κ1) is 10.0. The number of hydrogen-bond donors (Lipinski definition) is 1. The van der Waals surface area contributed by atoms with Crippen LogP contribution >= 0.6 is 0 Å². The normalized spacial score (nSPS) is 22.2. The lowest BCUT2D eigenvalue weighted by atomic mass is 9.94. The van der Waals surface area contributed by atoms with Gasteiger partial charge in [0.25, 0.3) is 0 Å². The van der Waals surface area contributed by atoms with Gasteiger partial charge in [-0.05, 0) is 19.3 Å². The maximum absolute atomic E-state index is 11.1. The van der Waals surface area contributed by atoms with Crippen molar-refractivity contribution in [3.63, 3.8) is 0 Å². The van der Waals surface area contributed by atoms with Crippen LogP contribution in [0.25, 0.3) is 0 Å². The number of ether oxygens (including phenoxy) is 1. The van der Waals surface area contributed by atoms with Crippen LogP contribution in [0.2, 0.25) is 0 Å². The molecule has 1 aliphatic rings. The lowest BCUT2D eigenvalue weighted by Gasteiger charge is -2.20. The van der Waals surface area contributed by atoms with Gasteiger partial charge in [0, 0.05) is 19.4 Å². The van der Waals surface area contributed by atoms with Crippen molar-refractivity contribution in [2.45, 2.75) is 26.2 Å². The Kier molecular flexibility index (Phi) is 3.73. The molecule has 1 atom stereocenters. The van der Waals surface area contributed by atoms with Crippen molar-refractivity contribution in [1.29, 1.82) is 0 Å². The fraction of sp³-hybridized carbons (Fsp3) is 0.778. The molecule has 4 heteroatoms. The Morgan fingerprint density at radius 1 is 1.69 bits per heavy atom. The maximum atomic E-state index is 11.1. The molecule has 0 aromatic carbocycles. The second-order valence-corrected chi connectivity index (χ2v) is 3.22. The number of esters is 1. The summed E-state index contributed by atoms with van der Waals surface area (Å²) in [6.45, 7) is 2.88. The maximum Gasteiger partial charge on any atom is 0.306 e. The minimum Gasteiger partial charge on any atom is -0.466 e. The smallest absolute Gasteiger partial charge is 0.306 e. The van der Waals surface area contributed by atoms with E-state index in [-0.39, 0.29) is 17.8 Å². The Bertz CT molecular complexity index is 203. The molecular formula is C9H15NO3. The van der Waals surface area contributed by atoms with E-state index in [1.807, 2.05) is 0 Å². The summed E-state index contributed by atoms with van der Waals surface area (Å²) in [4.78, 5) is 22.0. The highest BCUT2D eigenvalue weighted by Gasteiger charge is 2.21. The summed E-state index contributed by atoms with van der Waals surface area (Å²) in [5.41, 5.74) is 0. The van der Waals surface area contributed by atoms with Gasteiger partial charge < -0.3 is 10.1 Å². The lowest BCUT2D eigenvalue weighted by Crippen LogP contribution is -2.34.